The van der Waals surface area contributed by atoms with Gasteiger partial charge in [-0.25, -0.2) is 9.78 Å². The monoisotopic (exact) mass is 507 g/mol. The summed E-state index contributed by atoms with van der Waals surface area (Å²) in [6, 6.07) is 24.5. The normalized spacial score (nSPS) is 11.3. The molecule has 4 aromatic carbocycles. The molecule has 5 rings (SSSR count). The topological polar surface area (TPSA) is 85.6 Å². The Morgan fingerprint density at radius 2 is 1.61 bits per heavy atom. The lowest BCUT2D eigenvalue weighted by Gasteiger charge is -2.21. The van der Waals surface area contributed by atoms with E-state index in [1.807, 2.05) is 78.9 Å². The van der Waals surface area contributed by atoms with E-state index in [1.165, 1.54) is 6.39 Å². The summed E-state index contributed by atoms with van der Waals surface area (Å²) >= 11 is 0. The Morgan fingerprint density at radius 3 is 2.34 bits per heavy atom. The van der Waals surface area contributed by atoms with Crippen LogP contribution in [0.5, 0.6) is 17.2 Å². The molecule has 1 heterocycles. The predicted octanol–water partition coefficient (Wildman–Crippen LogP) is 8.24. The van der Waals surface area contributed by atoms with E-state index < -0.39 is 0 Å². The van der Waals surface area contributed by atoms with Crippen LogP contribution in [-0.4, -0.2) is 18.1 Å². The third kappa shape index (κ3) is 5.32. The van der Waals surface area contributed by atoms with Crippen molar-refractivity contribution in [3.8, 4) is 28.6 Å². The number of ether oxygens (including phenoxy) is 2. The molecular formula is C31H29N3O4. The van der Waals surface area contributed by atoms with Crippen LogP contribution in [-0.2, 0) is 5.41 Å². The molecule has 192 valence electrons. The van der Waals surface area contributed by atoms with E-state index in [1.54, 1.807) is 13.3 Å². The molecule has 0 aliphatic rings. The van der Waals surface area contributed by atoms with Crippen molar-refractivity contribution in [2.24, 2.45) is 0 Å². The number of benzene rings is 4. The molecule has 7 nitrogen and oxygen atoms in total. The molecule has 2 amide bonds. The van der Waals surface area contributed by atoms with Crippen LogP contribution < -0.4 is 20.1 Å². The molecule has 2 N–H and O–H groups in total. The molecule has 0 aliphatic heterocycles. The van der Waals surface area contributed by atoms with Crippen molar-refractivity contribution in [2.75, 3.05) is 17.7 Å². The number of hydrogen-bond donors (Lipinski definition) is 2. The van der Waals surface area contributed by atoms with Gasteiger partial charge in [0.2, 0.25) is 0 Å². The molecular weight excluding hydrogens is 478 g/mol. The number of aromatic nitrogens is 1. The molecule has 0 bridgehead atoms. The zero-order chi connectivity index (χ0) is 26.7. The highest BCUT2D eigenvalue weighted by Crippen LogP contribution is 2.36. The lowest BCUT2D eigenvalue weighted by Crippen LogP contribution is -2.21. The smallest absolute Gasteiger partial charge is 0.323 e. The summed E-state index contributed by atoms with van der Waals surface area (Å²) in [6.07, 6.45) is 3.06. The quantitative estimate of drug-likeness (QED) is 0.242. The molecule has 0 atom stereocenters. The Balaban J connectivity index is 1.40. The van der Waals surface area contributed by atoms with Crippen molar-refractivity contribution >= 4 is 28.2 Å². The maximum absolute atomic E-state index is 13.1. The summed E-state index contributed by atoms with van der Waals surface area (Å²) in [4.78, 5) is 17.0. The Morgan fingerprint density at radius 1 is 0.842 bits per heavy atom. The summed E-state index contributed by atoms with van der Waals surface area (Å²) in [5, 5.41) is 7.63. The van der Waals surface area contributed by atoms with Crippen LogP contribution in [0, 0.1) is 0 Å². The van der Waals surface area contributed by atoms with Crippen molar-refractivity contribution in [1.29, 1.82) is 0 Å². The van der Waals surface area contributed by atoms with Crippen LogP contribution in [0.2, 0.25) is 0 Å². The molecule has 0 saturated carbocycles. The second kappa shape index (κ2) is 10.3. The number of nitrogens with zero attached hydrogens (tertiary/aromatic N) is 1. The van der Waals surface area contributed by atoms with Gasteiger partial charge in [-0.1, -0.05) is 63.2 Å². The van der Waals surface area contributed by atoms with E-state index in [-0.39, 0.29) is 11.4 Å². The summed E-state index contributed by atoms with van der Waals surface area (Å²) < 4.78 is 17.1. The second-order valence-electron chi connectivity index (χ2n) is 9.90. The number of amides is 2. The fourth-order valence-corrected chi connectivity index (χ4v) is 4.22. The minimum absolute atomic E-state index is 0.0699. The van der Waals surface area contributed by atoms with E-state index in [0.29, 0.717) is 34.4 Å². The van der Waals surface area contributed by atoms with Crippen LogP contribution in [0.25, 0.3) is 22.1 Å². The second-order valence-corrected chi connectivity index (χ2v) is 9.90. The number of carbonyl (C=O) groups excluding carboxylic acids is 1. The van der Waals surface area contributed by atoms with Gasteiger partial charge in [-0.3, -0.25) is 0 Å². The third-order valence-corrected chi connectivity index (χ3v) is 6.22. The number of hydrogen-bond acceptors (Lipinski definition) is 5. The first-order valence-electron chi connectivity index (χ1n) is 12.3. The van der Waals surface area contributed by atoms with Gasteiger partial charge in [0.05, 0.1) is 24.7 Å². The summed E-state index contributed by atoms with van der Waals surface area (Å²) in [5.41, 5.74) is 3.15. The molecule has 0 saturated heterocycles. The van der Waals surface area contributed by atoms with Gasteiger partial charge in [0.25, 0.3) is 0 Å². The van der Waals surface area contributed by atoms with Crippen LogP contribution >= 0.6 is 0 Å². The van der Waals surface area contributed by atoms with Gasteiger partial charge < -0.3 is 24.5 Å². The number of carbonyl (C=O) groups is 1. The van der Waals surface area contributed by atoms with Gasteiger partial charge in [0, 0.05) is 16.3 Å². The Kier molecular flexibility index (Phi) is 6.75. The van der Waals surface area contributed by atoms with E-state index in [4.69, 9.17) is 13.9 Å². The first kappa shape index (κ1) is 24.9. The number of methoxy groups -OCH3 is 1. The molecule has 0 fully saturated rings. The van der Waals surface area contributed by atoms with Gasteiger partial charge in [-0.15, -0.1) is 0 Å². The molecule has 5 aromatic rings. The number of nitrogens with one attached hydrogen (secondary N) is 2. The molecule has 0 spiro atoms. The number of fused-ring (bicyclic) bond motifs is 1. The van der Waals surface area contributed by atoms with Crippen LogP contribution in [0.3, 0.4) is 0 Å². The highest BCUT2D eigenvalue weighted by atomic mass is 16.5. The van der Waals surface area contributed by atoms with Crippen LogP contribution in [0.15, 0.2) is 95.9 Å². The maximum Gasteiger partial charge on any atom is 0.323 e. The number of urea groups is 1. The fourth-order valence-electron chi connectivity index (χ4n) is 4.22. The van der Waals surface area contributed by atoms with E-state index in [9.17, 15) is 4.79 Å². The average molecular weight is 508 g/mol. The van der Waals surface area contributed by atoms with Crippen molar-refractivity contribution in [1.82, 2.24) is 4.98 Å². The van der Waals surface area contributed by atoms with Gasteiger partial charge in [0.1, 0.15) is 17.2 Å². The highest BCUT2D eigenvalue weighted by molar-refractivity contribution is 6.08. The number of oxazole rings is 1. The van der Waals surface area contributed by atoms with Crippen LogP contribution in [0.1, 0.15) is 26.3 Å². The summed E-state index contributed by atoms with van der Waals surface area (Å²) in [5.74, 6) is 2.58. The molecule has 0 radical (unpaired) electrons. The number of anilines is 2. The van der Waals surface area contributed by atoms with Gasteiger partial charge >= 0.3 is 6.03 Å². The standard InChI is InChI=1S/C31H29N3O4/c1-31(2,3)21-12-14-28(36-4)26(17-21)34-30(35)33-25-13-15-27(24-11-6-5-10-23(24)25)38-22-9-7-8-20(16-22)29-18-32-19-37-29/h5-19H,1-4H3,(H2,33,34,35). The third-order valence-electron chi connectivity index (χ3n) is 6.22. The first-order valence-corrected chi connectivity index (χ1v) is 12.3. The summed E-state index contributed by atoms with van der Waals surface area (Å²) in [6.45, 7) is 6.37. The highest BCUT2D eigenvalue weighted by Gasteiger charge is 2.18. The molecule has 38 heavy (non-hydrogen) atoms. The zero-order valence-corrected chi connectivity index (χ0v) is 21.7. The predicted molar refractivity (Wildman–Crippen MR) is 150 cm³/mol. The van der Waals surface area contributed by atoms with E-state index >= 15 is 0 Å². The number of rotatable bonds is 6. The maximum atomic E-state index is 13.1. The molecule has 1 aromatic heterocycles. The molecule has 7 heteroatoms. The fraction of sp³-hybridized carbons (Fsp3) is 0.161. The molecule has 0 aliphatic carbocycles. The van der Waals surface area contributed by atoms with Crippen molar-refractivity contribution in [3.63, 3.8) is 0 Å². The minimum atomic E-state index is -0.368. The van der Waals surface area contributed by atoms with Crippen molar-refractivity contribution < 1.29 is 18.7 Å². The largest absolute Gasteiger partial charge is 0.495 e. The average Bonchev–Trinajstić information content (AvgIpc) is 3.45. The minimum Gasteiger partial charge on any atom is -0.495 e. The van der Waals surface area contributed by atoms with Crippen LogP contribution in [0.4, 0.5) is 16.2 Å². The summed E-state index contributed by atoms with van der Waals surface area (Å²) in [7, 11) is 1.59. The Bertz CT molecular complexity index is 1590. The lowest BCUT2D eigenvalue weighted by molar-refractivity contribution is 0.262. The molecule has 0 unspecified atom stereocenters. The first-order chi connectivity index (χ1) is 18.3. The Labute approximate surface area is 221 Å². The van der Waals surface area contributed by atoms with Gasteiger partial charge in [0.15, 0.2) is 12.2 Å². The van der Waals surface area contributed by atoms with E-state index in [2.05, 4.69) is 36.4 Å². The van der Waals surface area contributed by atoms with E-state index in [0.717, 1.165) is 21.9 Å². The van der Waals surface area contributed by atoms with Crippen molar-refractivity contribution in [3.05, 3.63) is 97.0 Å². The SMILES string of the molecule is COc1ccc(C(C)(C)C)cc1NC(=O)Nc1ccc(Oc2cccc(-c3cnco3)c2)c2ccccc12. The zero-order valence-electron chi connectivity index (χ0n) is 21.7. The lowest BCUT2D eigenvalue weighted by atomic mass is 9.87. The Hall–Kier alpha value is -4.78. The van der Waals surface area contributed by atoms with Gasteiger partial charge in [-0.05, 0) is 47.4 Å². The van der Waals surface area contributed by atoms with Crippen molar-refractivity contribution in [2.45, 2.75) is 26.2 Å². The van der Waals surface area contributed by atoms with Gasteiger partial charge in [-0.2, -0.15) is 0 Å².